The van der Waals surface area contributed by atoms with Crippen molar-refractivity contribution >= 4 is 10.0 Å². The second kappa shape index (κ2) is 5.58. The first kappa shape index (κ1) is 16.3. The molecule has 0 heterocycles. The first-order valence-corrected chi connectivity index (χ1v) is 7.97. The molecular weight excluding hydrogens is 305 g/mol. The van der Waals surface area contributed by atoms with Crippen LogP contribution in [0, 0.1) is 6.92 Å². The summed E-state index contributed by atoms with van der Waals surface area (Å²) >= 11 is 0. The van der Waals surface area contributed by atoms with E-state index in [2.05, 4.69) is 0 Å². The highest BCUT2D eigenvalue weighted by atomic mass is 32.2. The van der Waals surface area contributed by atoms with Crippen LogP contribution < -0.4 is 5.73 Å². The Kier molecular flexibility index (Phi) is 4.32. The Bertz CT molecular complexity index is 625. The van der Waals surface area contributed by atoms with Crippen molar-refractivity contribution in [2.24, 2.45) is 5.73 Å². The zero-order valence-corrected chi connectivity index (χ0v) is 12.3. The average molecular weight is 322 g/mol. The monoisotopic (exact) mass is 322 g/mol. The number of benzene rings is 1. The maximum atomic E-state index is 12.6. The van der Waals surface area contributed by atoms with Gasteiger partial charge in [-0.3, -0.25) is 0 Å². The quantitative estimate of drug-likeness (QED) is 0.903. The van der Waals surface area contributed by atoms with Crippen LogP contribution in [0.3, 0.4) is 0 Å². The van der Waals surface area contributed by atoms with Crippen LogP contribution in [0.15, 0.2) is 23.1 Å². The van der Waals surface area contributed by atoms with Crippen molar-refractivity contribution in [1.29, 1.82) is 0 Å². The zero-order valence-electron chi connectivity index (χ0n) is 11.5. The summed E-state index contributed by atoms with van der Waals surface area (Å²) < 4.78 is 63.3. The fourth-order valence-corrected chi connectivity index (χ4v) is 3.83. The van der Waals surface area contributed by atoms with Gasteiger partial charge in [0.2, 0.25) is 10.0 Å². The maximum Gasteiger partial charge on any atom is 0.402 e. The lowest BCUT2D eigenvalue weighted by Gasteiger charge is -2.23. The van der Waals surface area contributed by atoms with Gasteiger partial charge in [-0.25, -0.2) is 8.42 Å². The number of aryl methyl sites for hydroxylation is 1. The molecule has 8 heteroatoms. The lowest BCUT2D eigenvalue weighted by atomic mass is 10.1. The first-order chi connectivity index (χ1) is 9.65. The predicted octanol–water partition coefficient (Wildman–Crippen LogP) is 2.17. The molecule has 0 atom stereocenters. The fraction of sp³-hybridized carbons (Fsp3) is 0.538. The molecular formula is C13H17F3N2O2S. The lowest BCUT2D eigenvalue weighted by Crippen LogP contribution is -2.40. The lowest BCUT2D eigenvalue weighted by molar-refractivity contribution is -0.137. The van der Waals surface area contributed by atoms with Crippen molar-refractivity contribution in [3.8, 4) is 0 Å². The largest absolute Gasteiger partial charge is 0.402 e. The average Bonchev–Trinajstić information content (AvgIpc) is 3.19. The van der Waals surface area contributed by atoms with E-state index in [1.54, 1.807) is 13.0 Å². The molecule has 1 aliphatic rings. The third-order valence-electron chi connectivity index (χ3n) is 3.44. The number of nitrogens with zero attached hydrogens (tertiary/aromatic N) is 1. The van der Waals surface area contributed by atoms with Crippen LogP contribution in [0.25, 0.3) is 0 Å². The molecule has 2 N–H and O–H groups in total. The van der Waals surface area contributed by atoms with Crippen molar-refractivity contribution in [2.45, 2.75) is 43.4 Å². The van der Waals surface area contributed by atoms with Crippen LogP contribution in [0.2, 0.25) is 0 Å². The highest BCUT2D eigenvalue weighted by Gasteiger charge is 2.44. The number of hydrogen-bond donors (Lipinski definition) is 1. The minimum Gasteiger partial charge on any atom is -0.326 e. The number of halogens is 3. The first-order valence-electron chi connectivity index (χ1n) is 6.53. The van der Waals surface area contributed by atoms with Gasteiger partial charge in [-0.1, -0.05) is 6.07 Å². The molecule has 0 aliphatic heterocycles. The Hall–Kier alpha value is -1.12. The molecule has 0 saturated heterocycles. The summed E-state index contributed by atoms with van der Waals surface area (Å²) in [4.78, 5) is -0.135. The Morgan fingerprint density at radius 2 is 1.95 bits per heavy atom. The van der Waals surface area contributed by atoms with Crippen molar-refractivity contribution in [2.75, 3.05) is 6.54 Å². The molecule has 1 fully saturated rings. The minimum absolute atomic E-state index is 0.135. The topological polar surface area (TPSA) is 63.4 Å². The fourth-order valence-electron chi connectivity index (χ4n) is 2.11. The van der Waals surface area contributed by atoms with Crippen molar-refractivity contribution in [3.05, 3.63) is 29.3 Å². The summed E-state index contributed by atoms with van der Waals surface area (Å²) in [5.41, 5.74) is 6.94. The van der Waals surface area contributed by atoms with Gasteiger partial charge in [0.25, 0.3) is 0 Å². The highest BCUT2D eigenvalue weighted by molar-refractivity contribution is 7.89. The molecule has 21 heavy (non-hydrogen) atoms. The third kappa shape index (κ3) is 3.75. The molecule has 0 bridgehead atoms. The molecule has 0 spiro atoms. The molecule has 0 unspecified atom stereocenters. The SMILES string of the molecule is Cc1ccc(S(=O)(=O)N(CC(F)(F)F)C2CC2)cc1CN. The Balaban J connectivity index is 2.39. The molecule has 1 aromatic rings. The molecule has 1 aliphatic carbocycles. The molecule has 0 amide bonds. The number of sulfonamides is 1. The molecule has 118 valence electrons. The van der Waals surface area contributed by atoms with Crippen molar-refractivity contribution in [3.63, 3.8) is 0 Å². The van der Waals surface area contributed by atoms with Gasteiger partial charge in [0.15, 0.2) is 0 Å². The molecule has 1 saturated carbocycles. The zero-order chi connectivity index (χ0) is 15.8. The highest BCUT2D eigenvalue weighted by Crippen LogP contribution is 2.35. The smallest absolute Gasteiger partial charge is 0.326 e. The Morgan fingerprint density at radius 1 is 1.33 bits per heavy atom. The summed E-state index contributed by atoms with van der Waals surface area (Å²) in [6, 6.07) is 3.69. The van der Waals surface area contributed by atoms with E-state index in [0.717, 1.165) is 5.56 Å². The standard InChI is InChI=1S/C13H17F3N2O2S/c1-9-2-5-12(6-10(9)7-17)21(19,20)18(11-3-4-11)8-13(14,15)16/h2,5-6,11H,3-4,7-8,17H2,1H3. The van der Waals surface area contributed by atoms with E-state index in [9.17, 15) is 21.6 Å². The van der Waals surface area contributed by atoms with Gasteiger partial charge in [-0.15, -0.1) is 0 Å². The van der Waals surface area contributed by atoms with Crippen LogP contribution in [-0.4, -0.2) is 31.5 Å². The van der Waals surface area contributed by atoms with E-state index in [1.165, 1.54) is 12.1 Å². The molecule has 1 aromatic carbocycles. The second-order valence-corrected chi connectivity index (χ2v) is 7.08. The minimum atomic E-state index is -4.56. The second-order valence-electron chi connectivity index (χ2n) is 5.19. The third-order valence-corrected chi connectivity index (χ3v) is 5.33. The normalized spacial score (nSPS) is 16.5. The van der Waals surface area contributed by atoms with Crippen LogP contribution in [0.1, 0.15) is 24.0 Å². The van der Waals surface area contributed by atoms with Gasteiger partial charge in [0, 0.05) is 12.6 Å². The van der Waals surface area contributed by atoms with E-state index in [4.69, 9.17) is 5.73 Å². The number of hydrogen-bond acceptors (Lipinski definition) is 3. The summed E-state index contributed by atoms with van der Waals surface area (Å²) in [6.45, 7) is 0.455. The summed E-state index contributed by atoms with van der Waals surface area (Å²) in [7, 11) is -4.16. The van der Waals surface area contributed by atoms with Crippen molar-refractivity contribution in [1.82, 2.24) is 4.31 Å². The van der Waals surface area contributed by atoms with Gasteiger partial charge in [0.1, 0.15) is 6.54 Å². The summed E-state index contributed by atoms with van der Waals surface area (Å²) in [5.74, 6) is 0. The number of nitrogens with two attached hydrogens (primary N) is 1. The van der Waals surface area contributed by atoms with Gasteiger partial charge in [-0.05, 0) is 43.0 Å². The number of alkyl halides is 3. The molecule has 0 aromatic heterocycles. The van der Waals surface area contributed by atoms with Crippen LogP contribution in [0.5, 0.6) is 0 Å². The predicted molar refractivity (Wildman–Crippen MR) is 72.0 cm³/mol. The van der Waals surface area contributed by atoms with E-state index in [-0.39, 0.29) is 11.4 Å². The van der Waals surface area contributed by atoms with E-state index in [1.807, 2.05) is 0 Å². The number of rotatable bonds is 5. The van der Waals surface area contributed by atoms with E-state index in [0.29, 0.717) is 22.7 Å². The van der Waals surface area contributed by atoms with Crippen LogP contribution in [0.4, 0.5) is 13.2 Å². The van der Waals surface area contributed by atoms with Crippen LogP contribution in [-0.2, 0) is 16.6 Å². The molecule has 4 nitrogen and oxygen atoms in total. The Morgan fingerprint density at radius 3 is 2.43 bits per heavy atom. The summed E-state index contributed by atoms with van der Waals surface area (Å²) in [6.07, 6.45) is -3.63. The van der Waals surface area contributed by atoms with Gasteiger partial charge in [-0.2, -0.15) is 17.5 Å². The van der Waals surface area contributed by atoms with E-state index >= 15 is 0 Å². The van der Waals surface area contributed by atoms with Gasteiger partial charge >= 0.3 is 6.18 Å². The maximum absolute atomic E-state index is 12.6. The van der Waals surface area contributed by atoms with Crippen molar-refractivity contribution < 1.29 is 21.6 Å². The molecule has 0 radical (unpaired) electrons. The van der Waals surface area contributed by atoms with Gasteiger partial charge < -0.3 is 5.73 Å². The van der Waals surface area contributed by atoms with Gasteiger partial charge in [0.05, 0.1) is 4.90 Å². The molecule has 2 rings (SSSR count). The Labute approximate surface area is 121 Å². The van der Waals surface area contributed by atoms with E-state index < -0.39 is 28.8 Å². The summed E-state index contributed by atoms with van der Waals surface area (Å²) in [5, 5.41) is 0. The van der Waals surface area contributed by atoms with Crippen LogP contribution >= 0.6 is 0 Å².